The highest BCUT2D eigenvalue weighted by Gasteiger charge is 2.20. The standard InChI is InChI=1S/C16H23NO2/c1-16(2,3)19-15(18)17-11-12-8-9-13-6-4-5-7-14(13)10-12/h4-7,12H,8-11H2,1-3H3,(H,17,18). The van der Waals surface area contributed by atoms with Crippen molar-refractivity contribution in [2.24, 2.45) is 5.92 Å². The summed E-state index contributed by atoms with van der Waals surface area (Å²) in [5.74, 6) is 0.516. The molecule has 1 aliphatic carbocycles. The molecule has 2 rings (SSSR count). The van der Waals surface area contributed by atoms with E-state index in [0.717, 1.165) is 19.3 Å². The zero-order chi connectivity index (χ0) is 13.9. The molecule has 0 heterocycles. The van der Waals surface area contributed by atoms with E-state index in [0.29, 0.717) is 12.5 Å². The summed E-state index contributed by atoms with van der Waals surface area (Å²) in [5, 5.41) is 2.88. The van der Waals surface area contributed by atoms with Gasteiger partial charge in [0.1, 0.15) is 5.60 Å². The van der Waals surface area contributed by atoms with Crippen molar-refractivity contribution in [2.45, 2.75) is 45.6 Å². The van der Waals surface area contributed by atoms with E-state index in [1.807, 2.05) is 20.8 Å². The number of hydrogen-bond acceptors (Lipinski definition) is 2. The Morgan fingerprint density at radius 2 is 2.00 bits per heavy atom. The lowest BCUT2D eigenvalue weighted by Gasteiger charge is -2.25. The van der Waals surface area contributed by atoms with Crippen LogP contribution in [0, 0.1) is 5.92 Å². The van der Waals surface area contributed by atoms with Crippen molar-refractivity contribution in [1.29, 1.82) is 0 Å². The Labute approximate surface area is 115 Å². The van der Waals surface area contributed by atoms with Crippen LogP contribution in [0.5, 0.6) is 0 Å². The Morgan fingerprint density at radius 1 is 1.32 bits per heavy atom. The minimum atomic E-state index is -0.427. The molecule has 0 aromatic heterocycles. The van der Waals surface area contributed by atoms with Crippen molar-refractivity contribution in [3.63, 3.8) is 0 Å². The van der Waals surface area contributed by atoms with E-state index >= 15 is 0 Å². The largest absolute Gasteiger partial charge is 0.444 e. The fraction of sp³-hybridized carbons (Fsp3) is 0.562. The van der Waals surface area contributed by atoms with Crippen molar-refractivity contribution in [1.82, 2.24) is 5.32 Å². The third-order valence-corrected chi connectivity index (χ3v) is 3.38. The molecule has 0 spiro atoms. The highest BCUT2D eigenvalue weighted by Crippen LogP contribution is 2.24. The highest BCUT2D eigenvalue weighted by molar-refractivity contribution is 5.67. The van der Waals surface area contributed by atoms with Gasteiger partial charge in [-0.1, -0.05) is 24.3 Å². The molecule has 0 saturated carbocycles. The maximum atomic E-state index is 11.6. The zero-order valence-electron chi connectivity index (χ0n) is 12.0. The molecule has 3 nitrogen and oxygen atoms in total. The van der Waals surface area contributed by atoms with Crippen molar-refractivity contribution >= 4 is 6.09 Å². The summed E-state index contributed by atoms with van der Waals surface area (Å²) >= 11 is 0. The molecule has 0 radical (unpaired) electrons. The van der Waals surface area contributed by atoms with Crippen LogP contribution in [-0.2, 0) is 17.6 Å². The van der Waals surface area contributed by atoms with Crippen LogP contribution in [0.25, 0.3) is 0 Å². The number of alkyl carbamates (subject to hydrolysis) is 1. The molecule has 104 valence electrons. The van der Waals surface area contributed by atoms with Crippen LogP contribution < -0.4 is 5.32 Å². The first-order valence-electron chi connectivity index (χ1n) is 6.98. The van der Waals surface area contributed by atoms with Crippen LogP contribution in [0.15, 0.2) is 24.3 Å². The van der Waals surface area contributed by atoms with Gasteiger partial charge < -0.3 is 10.1 Å². The maximum absolute atomic E-state index is 11.6. The van der Waals surface area contributed by atoms with E-state index in [-0.39, 0.29) is 6.09 Å². The van der Waals surface area contributed by atoms with Crippen LogP contribution in [0.3, 0.4) is 0 Å². The van der Waals surface area contributed by atoms with Crippen LogP contribution in [-0.4, -0.2) is 18.2 Å². The predicted octanol–water partition coefficient (Wildman–Crippen LogP) is 3.32. The second-order valence-corrected chi connectivity index (χ2v) is 6.26. The van der Waals surface area contributed by atoms with Crippen molar-refractivity contribution < 1.29 is 9.53 Å². The van der Waals surface area contributed by atoms with Gasteiger partial charge in [0.15, 0.2) is 0 Å². The average Bonchev–Trinajstić information content (AvgIpc) is 2.34. The monoisotopic (exact) mass is 261 g/mol. The average molecular weight is 261 g/mol. The number of amides is 1. The van der Waals surface area contributed by atoms with Gasteiger partial charge >= 0.3 is 6.09 Å². The molecule has 1 aliphatic rings. The molecule has 1 N–H and O–H groups in total. The zero-order valence-corrected chi connectivity index (χ0v) is 12.0. The molecule has 0 fully saturated rings. The Balaban J connectivity index is 1.81. The fourth-order valence-corrected chi connectivity index (χ4v) is 2.49. The SMILES string of the molecule is CC(C)(C)OC(=O)NCC1CCc2ccccc2C1. The van der Waals surface area contributed by atoms with Gasteiger partial charge in [-0.2, -0.15) is 0 Å². The van der Waals surface area contributed by atoms with Gasteiger partial charge in [-0.05, 0) is 57.1 Å². The number of aryl methyl sites for hydroxylation is 1. The Kier molecular flexibility index (Phi) is 4.13. The van der Waals surface area contributed by atoms with Gasteiger partial charge in [0.25, 0.3) is 0 Å². The second-order valence-electron chi connectivity index (χ2n) is 6.26. The number of carbonyl (C=O) groups is 1. The van der Waals surface area contributed by atoms with Crippen molar-refractivity contribution in [3.8, 4) is 0 Å². The Hall–Kier alpha value is -1.51. The van der Waals surface area contributed by atoms with Gasteiger partial charge in [-0.25, -0.2) is 4.79 Å². The van der Waals surface area contributed by atoms with Gasteiger partial charge in [0.05, 0.1) is 0 Å². The Bertz CT molecular complexity index is 448. The highest BCUT2D eigenvalue weighted by atomic mass is 16.6. The fourth-order valence-electron chi connectivity index (χ4n) is 2.49. The van der Waals surface area contributed by atoms with Gasteiger partial charge in [-0.15, -0.1) is 0 Å². The van der Waals surface area contributed by atoms with Gasteiger partial charge in [-0.3, -0.25) is 0 Å². The molecular formula is C16H23NO2. The van der Waals surface area contributed by atoms with Crippen LogP contribution in [0.2, 0.25) is 0 Å². The number of ether oxygens (including phenoxy) is 1. The quantitative estimate of drug-likeness (QED) is 0.887. The normalized spacial score (nSPS) is 18.6. The molecule has 19 heavy (non-hydrogen) atoms. The summed E-state index contributed by atoms with van der Waals surface area (Å²) < 4.78 is 5.25. The van der Waals surface area contributed by atoms with Gasteiger partial charge in [0.2, 0.25) is 0 Å². The number of benzene rings is 1. The smallest absolute Gasteiger partial charge is 0.407 e. The summed E-state index contributed by atoms with van der Waals surface area (Å²) in [6.45, 7) is 6.33. The third kappa shape index (κ3) is 4.27. The molecule has 3 heteroatoms. The van der Waals surface area contributed by atoms with Crippen LogP contribution >= 0.6 is 0 Å². The molecule has 1 aromatic carbocycles. The molecule has 1 atom stereocenters. The molecule has 0 aliphatic heterocycles. The molecule has 1 unspecified atom stereocenters. The minimum Gasteiger partial charge on any atom is -0.444 e. The topological polar surface area (TPSA) is 38.3 Å². The Morgan fingerprint density at radius 3 is 2.68 bits per heavy atom. The lowest BCUT2D eigenvalue weighted by Crippen LogP contribution is -2.36. The lowest BCUT2D eigenvalue weighted by molar-refractivity contribution is 0.0518. The molecule has 0 saturated heterocycles. The molecular weight excluding hydrogens is 238 g/mol. The number of hydrogen-bond donors (Lipinski definition) is 1. The van der Waals surface area contributed by atoms with Crippen LogP contribution in [0.1, 0.15) is 38.3 Å². The summed E-state index contributed by atoms with van der Waals surface area (Å²) in [5.41, 5.74) is 2.45. The summed E-state index contributed by atoms with van der Waals surface area (Å²) in [4.78, 5) is 11.6. The van der Waals surface area contributed by atoms with E-state index in [2.05, 4.69) is 29.6 Å². The van der Waals surface area contributed by atoms with E-state index in [1.165, 1.54) is 11.1 Å². The van der Waals surface area contributed by atoms with E-state index in [9.17, 15) is 4.79 Å². The van der Waals surface area contributed by atoms with Crippen molar-refractivity contribution in [3.05, 3.63) is 35.4 Å². The van der Waals surface area contributed by atoms with Crippen molar-refractivity contribution in [2.75, 3.05) is 6.54 Å². The summed E-state index contributed by atoms with van der Waals surface area (Å²) in [7, 11) is 0. The number of carbonyl (C=O) groups excluding carboxylic acids is 1. The van der Waals surface area contributed by atoms with E-state index in [4.69, 9.17) is 4.74 Å². The lowest BCUT2D eigenvalue weighted by atomic mass is 9.84. The summed E-state index contributed by atoms with van der Waals surface area (Å²) in [6, 6.07) is 8.57. The molecule has 1 amide bonds. The summed E-state index contributed by atoms with van der Waals surface area (Å²) in [6.07, 6.45) is 2.97. The second kappa shape index (κ2) is 5.64. The van der Waals surface area contributed by atoms with E-state index in [1.54, 1.807) is 0 Å². The predicted molar refractivity (Wildman–Crippen MR) is 76.2 cm³/mol. The first-order chi connectivity index (χ1) is 8.94. The minimum absolute atomic E-state index is 0.314. The maximum Gasteiger partial charge on any atom is 0.407 e. The first kappa shape index (κ1) is 13.9. The van der Waals surface area contributed by atoms with E-state index < -0.39 is 5.60 Å². The van der Waals surface area contributed by atoms with Gasteiger partial charge in [0, 0.05) is 6.54 Å². The third-order valence-electron chi connectivity index (χ3n) is 3.38. The first-order valence-corrected chi connectivity index (χ1v) is 6.98. The number of fused-ring (bicyclic) bond motifs is 1. The number of rotatable bonds is 2. The van der Waals surface area contributed by atoms with Crippen LogP contribution in [0.4, 0.5) is 4.79 Å². The molecule has 1 aromatic rings. The number of nitrogens with one attached hydrogen (secondary N) is 1. The molecule has 0 bridgehead atoms.